The molecule has 1 saturated heterocycles. The van der Waals surface area contributed by atoms with Crippen molar-refractivity contribution in [3.63, 3.8) is 0 Å². The lowest BCUT2D eigenvalue weighted by Gasteiger charge is -2.21. The van der Waals surface area contributed by atoms with Gasteiger partial charge < -0.3 is 4.98 Å². The minimum Gasteiger partial charge on any atom is -0.341 e. The fourth-order valence-electron chi connectivity index (χ4n) is 4.41. The van der Waals surface area contributed by atoms with Gasteiger partial charge in [-0.3, -0.25) is 4.90 Å². The molecular formula is C20H24N4S. The Labute approximate surface area is 152 Å². The van der Waals surface area contributed by atoms with E-state index in [4.69, 9.17) is 9.97 Å². The molecule has 1 aliphatic heterocycles. The molecule has 0 spiro atoms. The molecule has 0 amide bonds. The lowest BCUT2D eigenvalue weighted by molar-refractivity contribution is 0.243. The summed E-state index contributed by atoms with van der Waals surface area (Å²) in [5.41, 5.74) is 2.22. The number of thiazole rings is 1. The van der Waals surface area contributed by atoms with Crippen molar-refractivity contribution < 1.29 is 0 Å². The second kappa shape index (κ2) is 6.54. The molecule has 2 aromatic heterocycles. The molecule has 5 heteroatoms. The van der Waals surface area contributed by atoms with Crippen molar-refractivity contribution in [2.24, 2.45) is 0 Å². The van der Waals surface area contributed by atoms with E-state index in [1.165, 1.54) is 48.4 Å². The lowest BCUT2D eigenvalue weighted by atomic mass is 10.1. The monoisotopic (exact) mass is 352 g/mol. The number of hydrogen-bond acceptors (Lipinski definition) is 4. The molecule has 1 aromatic carbocycles. The van der Waals surface area contributed by atoms with Crippen LogP contribution in [0.15, 0.2) is 30.5 Å². The number of aromatic amines is 1. The molecule has 1 N–H and O–H groups in total. The highest BCUT2D eigenvalue weighted by atomic mass is 32.1. The minimum atomic E-state index is 0.407. The van der Waals surface area contributed by atoms with Gasteiger partial charge in [0.1, 0.15) is 5.82 Å². The largest absolute Gasteiger partial charge is 0.341 e. The molecule has 2 fully saturated rings. The molecule has 3 aromatic rings. The van der Waals surface area contributed by atoms with Crippen LogP contribution in [-0.4, -0.2) is 26.4 Å². The van der Waals surface area contributed by atoms with E-state index in [-0.39, 0.29) is 0 Å². The number of fused-ring (bicyclic) bond motifs is 1. The fourth-order valence-corrected chi connectivity index (χ4v) is 5.52. The molecule has 2 aliphatic rings. The van der Waals surface area contributed by atoms with E-state index in [1.54, 1.807) is 0 Å². The Morgan fingerprint density at radius 3 is 2.88 bits per heavy atom. The highest BCUT2D eigenvalue weighted by molar-refractivity contribution is 7.11. The summed E-state index contributed by atoms with van der Waals surface area (Å²) in [6.45, 7) is 2.16. The number of hydrogen-bond donors (Lipinski definition) is 1. The predicted octanol–water partition coefficient (Wildman–Crippen LogP) is 5.01. The first kappa shape index (κ1) is 15.5. The van der Waals surface area contributed by atoms with Crippen molar-refractivity contribution in [2.45, 2.75) is 57.0 Å². The van der Waals surface area contributed by atoms with E-state index in [0.29, 0.717) is 6.04 Å². The Morgan fingerprint density at radius 1 is 1.12 bits per heavy atom. The molecule has 0 unspecified atom stereocenters. The summed E-state index contributed by atoms with van der Waals surface area (Å²) in [5.74, 6) is 1.85. The first-order valence-electron chi connectivity index (χ1n) is 9.50. The van der Waals surface area contributed by atoms with Crippen LogP contribution in [0.5, 0.6) is 0 Å². The molecule has 0 bridgehead atoms. The van der Waals surface area contributed by atoms with Crippen molar-refractivity contribution in [1.29, 1.82) is 0 Å². The molecule has 1 atom stereocenters. The fraction of sp³-hybridized carbons (Fsp3) is 0.500. The first-order valence-corrected chi connectivity index (χ1v) is 10.3. The van der Waals surface area contributed by atoms with Crippen molar-refractivity contribution in [1.82, 2.24) is 19.9 Å². The number of likely N-dealkylation sites (tertiary alicyclic amines) is 1. The van der Waals surface area contributed by atoms with E-state index < -0.39 is 0 Å². The number of H-pyrrole nitrogens is 1. The summed E-state index contributed by atoms with van der Waals surface area (Å²) < 4.78 is 0. The van der Waals surface area contributed by atoms with Gasteiger partial charge in [0, 0.05) is 23.5 Å². The average Bonchev–Trinajstić information content (AvgIpc) is 3.41. The van der Waals surface area contributed by atoms with Gasteiger partial charge in [-0.1, -0.05) is 25.0 Å². The van der Waals surface area contributed by atoms with Gasteiger partial charge in [-0.15, -0.1) is 11.3 Å². The van der Waals surface area contributed by atoms with Crippen LogP contribution < -0.4 is 0 Å². The van der Waals surface area contributed by atoms with E-state index in [0.717, 1.165) is 35.9 Å². The number of rotatable bonds is 4. The summed E-state index contributed by atoms with van der Waals surface area (Å²) in [5, 5.41) is 1.37. The highest BCUT2D eigenvalue weighted by Crippen LogP contribution is 2.38. The molecule has 25 heavy (non-hydrogen) atoms. The average molecular weight is 353 g/mol. The van der Waals surface area contributed by atoms with E-state index in [1.807, 2.05) is 11.3 Å². The van der Waals surface area contributed by atoms with Gasteiger partial charge in [0.15, 0.2) is 0 Å². The third-order valence-electron chi connectivity index (χ3n) is 5.72. The SMILES string of the molecule is c1ccc2[nH]c([C@H]3CCCN3Cc3cnc(C4CCCC4)s3)nc2c1. The van der Waals surface area contributed by atoms with Crippen molar-refractivity contribution >= 4 is 22.4 Å². The molecular weight excluding hydrogens is 328 g/mol. The first-order chi connectivity index (χ1) is 12.4. The summed E-state index contributed by atoms with van der Waals surface area (Å²) >= 11 is 1.94. The quantitative estimate of drug-likeness (QED) is 0.717. The van der Waals surface area contributed by atoms with Crippen LogP contribution in [0, 0.1) is 0 Å². The van der Waals surface area contributed by atoms with Crippen LogP contribution in [0.1, 0.15) is 66.2 Å². The van der Waals surface area contributed by atoms with Crippen molar-refractivity contribution in [2.75, 3.05) is 6.54 Å². The molecule has 0 radical (unpaired) electrons. The summed E-state index contributed by atoms with van der Waals surface area (Å²) in [4.78, 5) is 17.1. The van der Waals surface area contributed by atoms with Crippen LogP contribution in [0.25, 0.3) is 11.0 Å². The smallest absolute Gasteiger partial charge is 0.124 e. The van der Waals surface area contributed by atoms with Gasteiger partial charge in [0.05, 0.1) is 22.1 Å². The zero-order valence-corrected chi connectivity index (χ0v) is 15.3. The standard InChI is InChI=1S/C20H24N4S/c1-2-7-14(6-1)20-21-12-15(25-20)13-24-11-5-10-18(24)19-22-16-8-3-4-9-17(16)23-19/h3-4,8-9,12,14,18H,1-2,5-7,10-11,13H2,(H,22,23)/t18-/m1/s1. The Balaban J connectivity index is 1.34. The summed E-state index contributed by atoms with van der Waals surface area (Å²) in [6.07, 6.45) is 9.96. The number of aromatic nitrogens is 3. The van der Waals surface area contributed by atoms with Crippen LogP contribution in [-0.2, 0) is 6.54 Å². The van der Waals surface area contributed by atoms with Crippen LogP contribution in [0.3, 0.4) is 0 Å². The van der Waals surface area contributed by atoms with Crippen molar-refractivity contribution in [3.05, 3.63) is 46.2 Å². The van der Waals surface area contributed by atoms with Gasteiger partial charge in [-0.2, -0.15) is 0 Å². The third-order valence-corrected chi connectivity index (χ3v) is 6.87. The number of nitrogens with zero attached hydrogens (tertiary/aromatic N) is 3. The van der Waals surface area contributed by atoms with Crippen LogP contribution in [0.4, 0.5) is 0 Å². The van der Waals surface area contributed by atoms with Crippen LogP contribution in [0.2, 0.25) is 0 Å². The second-order valence-electron chi connectivity index (χ2n) is 7.41. The van der Waals surface area contributed by atoms with Crippen LogP contribution >= 0.6 is 11.3 Å². The maximum atomic E-state index is 4.85. The van der Waals surface area contributed by atoms with Gasteiger partial charge in [-0.05, 0) is 44.4 Å². The van der Waals surface area contributed by atoms with E-state index >= 15 is 0 Å². The van der Waals surface area contributed by atoms with E-state index in [9.17, 15) is 0 Å². The van der Waals surface area contributed by atoms with Gasteiger partial charge >= 0.3 is 0 Å². The number of benzene rings is 1. The molecule has 1 saturated carbocycles. The lowest BCUT2D eigenvalue weighted by Crippen LogP contribution is -2.23. The summed E-state index contributed by atoms with van der Waals surface area (Å²) in [7, 11) is 0. The molecule has 130 valence electrons. The van der Waals surface area contributed by atoms with Crippen molar-refractivity contribution in [3.8, 4) is 0 Å². The summed E-state index contributed by atoms with van der Waals surface area (Å²) in [6, 6.07) is 8.73. The Kier molecular flexibility index (Phi) is 4.06. The highest BCUT2D eigenvalue weighted by Gasteiger charge is 2.29. The molecule has 3 heterocycles. The Hall–Kier alpha value is -1.72. The zero-order chi connectivity index (χ0) is 16.6. The minimum absolute atomic E-state index is 0.407. The normalized spacial score (nSPS) is 22.3. The third kappa shape index (κ3) is 3.00. The van der Waals surface area contributed by atoms with Gasteiger partial charge in [-0.25, -0.2) is 9.97 Å². The number of para-hydroxylation sites is 2. The Bertz CT molecular complexity index is 828. The van der Waals surface area contributed by atoms with Gasteiger partial charge in [0.2, 0.25) is 0 Å². The van der Waals surface area contributed by atoms with E-state index in [2.05, 4.69) is 40.3 Å². The van der Waals surface area contributed by atoms with Gasteiger partial charge in [0.25, 0.3) is 0 Å². The molecule has 1 aliphatic carbocycles. The zero-order valence-electron chi connectivity index (χ0n) is 14.4. The Morgan fingerprint density at radius 2 is 2.00 bits per heavy atom. The maximum Gasteiger partial charge on any atom is 0.124 e. The topological polar surface area (TPSA) is 44.8 Å². The maximum absolute atomic E-state index is 4.85. The molecule has 4 nitrogen and oxygen atoms in total. The predicted molar refractivity (Wildman–Crippen MR) is 102 cm³/mol. The number of nitrogens with one attached hydrogen (secondary N) is 1. The second-order valence-corrected chi connectivity index (χ2v) is 8.56. The molecule has 5 rings (SSSR count). The number of imidazole rings is 1.